The van der Waals surface area contributed by atoms with Crippen molar-refractivity contribution in [2.75, 3.05) is 20.2 Å². The SMILES string of the molecule is CO[C@@H]1CN(C(C)C)C[C@H]1NC(=O)CCc1c(C)[nH]c2ccccc2c1=O. The Morgan fingerprint density at radius 2 is 2.07 bits per heavy atom. The fourth-order valence-electron chi connectivity index (χ4n) is 3.82. The maximum atomic E-state index is 12.7. The number of ether oxygens (including phenoxy) is 1. The van der Waals surface area contributed by atoms with Crippen molar-refractivity contribution in [3.8, 4) is 0 Å². The van der Waals surface area contributed by atoms with E-state index in [4.69, 9.17) is 4.74 Å². The molecular formula is C21H29N3O3. The van der Waals surface area contributed by atoms with E-state index in [0.29, 0.717) is 23.4 Å². The van der Waals surface area contributed by atoms with Crippen molar-refractivity contribution in [1.82, 2.24) is 15.2 Å². The van der Waals surface area contributed by atoms with Gasteiger partial charge in [0.15, 0.2) is 5.43 Å². The molecule has 0 aliphatic carbocycles. The maximum Gasteiger partial charge on any atom is 0.220 e. The van der Waals surface area contributed by atoms with E-state index in [9.17, 15) is 9.59 Å². The number of rotatable bonds is 6. The second kappa shape index (κ2) is 8.23. The molecule has 3 rings (SSSR count). The molecule has 0 saturated carbocycles. The molecular weight excluding hydrogens is 342 g/mol. The number of para-hydroxylation sites is 1. The fourth-order valence-corrected chi connectivity index (χ4v) is 3.82. The first kappa shape index (κ1) is 19.6. The Kier molecular flexibility index (Phi) is 5.97. The number of methoxy groups -OCH3 is 1. The molecule has 2 aromatic rings. The number of carbonyl (C=O) groups excluding carboxylic acids is 1. The summed E-state index contributed by atoms with van der Waals surface area (Å²) in [4.78, 5) is 30.8. The fraction of sp³-hybridized carbons (Fsp3) is 0.524. The third kappa shape index (κ3) is 4.22. The van der Waals surface area contributed by atoms with Gasteiger partial charge >= 0.3 is 0 Å². The molecule has 1 aromatic carbocycles. The van der Waals surface area contributed by atoms with Gasteiger partial charge in [0.1, 0.15) is 0 Å². The predicted molar refractivity (Wildman–Crippen MR) is 107 cm³/mol. The van der Waals surface area contributed by atoms with Crippen LogP contribution in [-0.4, -0.2) is 54.2 Å². The van der Waals surface area contributed by atoms with E-state index < -0.39 is 0 Å². The van der Waals surface area contributed by atoms with Crippen LogP contribution < -0.4 is 10.7 Å². The molecule has 1 fully saturated rings. The average molecular weight is 371 g/mol. The number of likely N-dealkylation sites (tertiary alicyclic amines) is 1. The van der Waals surface area contributed by atoms with Crippen molar-refractivity contribution < 1.29 is 9.53 Å². The van der Waals surface area contributed by atoms with Gasteiger partial charge in [-0.05, 0) is 39.3 Å². The standard InChI is InChI=1S/C21H29N3O3/c1-13(2)24-11-18(19(12-24)27-4)23-20(25)10-9-15-14(3)22-17-8-6-5-7-16(17)21(15)26/h5-8,13,18-19H,9-12H2,1-4H3,(H,22,26)(H,23,25)/t18-,19-/m1/s1. The van der Waals surface area contributed by atoms with Gasteiger partial charge < -0.3 is 15.0 Å². The van der Waals surface area contributed by atoms with Crippen molar-refractivity contribution in [1.29, 1.82) is 0 Å². The number of aromatic nitrogens is 1. The number of nitrogens with zero attached hydrogens (tertiary/aromatic N) is 1. The number of hydrogen-bond acceptors (Lipinski definition) is 4. The van der Waals surface area contributed by atoms with Crippen molar-refractivity contribution in [3.05, 3.63) is 45.7 Å². The number of amides is 1. The Balaban J connectivity index is 1.66. The molecule has 1 amide bonds. The first-order valence-electron chi connectivity index (χ1n) is 9.57. The number of nitrogens with one attached hydrogen (secondary N) is 2. The topological polar surface area (TPSA) is 74.4 Å². The van der Waals surface area contributed by atoms with E-state index in [1.807, 2.05) is 31.2 Å². The molecule has 1 aliphatic rings. The number of pyridine rings is 1. The summed E-state index contributed by atoms with van der Waals surface area (Å²) in [5.74, 6) is -0.0420. The molecule has 1 saturated heterocycles. The summed E-state index contributed by atoms with van der Waals surface area (Å²) in [7, 11) is 1.69. The zero-order valence-corrected chi connectivity index (χ0v) is 16.5. The van der Waals surface area contributed by atoms with Crippen LogP contribution in [0, 0.1) is 6.92 Å². The maximum absolute atomic E-state index is 12.7. The summed E-state index contributed by atoms with van der Waals surface area (Å²) < 4.78 is 5.54. The molecule has 0 unspecified atom stereocenters. The Morgan fingerprint density at radius 1 is 1.33 bits per heavy atom. The van der Waals surface area contributed by atoms with Crippen LogP contribution in [0.15, 0.2) is 29.1 Å². The van der Waals surface area contributed by atoms with Gasteiger partial charge in [0, 0.05) is 54.8 Å². The minimum absolute atomic E-state index is 0.00200. The number of carbonyl (C=O) groups is 1. The highest BCUT2D eigenvalue weighted by Gasteiger charge is 2.34. The monoisotopic (exact) mass is 371 g/mol. The second-order valence-corrected chi connectivity index (χ2v) is 7.60. The van der Waals surface area contributed by atoms with Crippen LogP contribution in [0.4, 0.5) is 0 Å². The number of hydrogen-bond donors (Lipinski definition) is 2. The predicted octanol–water partition coefficient (Wildman–Crippen LogP) is 1.99. The largest absolute Gasteiger partial charge is 0.378 e. The highest BCUT2D eigenvalue weighted by Crippen LogP contribution is 2.16. The van der Waals surface area contributed by atoms with Crippen LogP contribution in [0.3, 0.4) is 0 Å². The first-order valence-corrected chi connectivity index (χ1v) is 9.57. The van der Waals surface area contributed by atoms with E-state index >= 15 is 0 Å². The minimum atomic E-state index is -0.0420. The van der Waals surface area contributed by atoms with Crippen molar-refractivity contribution in [2.24, 2.45) is 0 Å². The lowest BCUT2D eigenvalue weighted by molar-refractivity contribution is -0.122. The summed E-state index contributed by atoms with van der Waals surface area (Å²) in [5.41, 5.74) is 2.35. The molecule has 2 N–H and O–H groups in total. The number of aromatic amines is 1. The van der Waals surface area contributed by atoms with Crippen LogP contribution in [0.1, 0.15) is 31.5 Å². The van der Waals surface area contributed by atoms with Crippen LogP contribution >= 0.6 is 0 Å². The Bertz CT molecular complexity index is 875. The van der Waals surface area contributed by atoms with Gasteiger partial charge in [0.05, 0.1) is 12.1 Å². The smallest absolute Gasteiger partial charge is 0.220 e. The van der Waals surface area contributed by atoms with Crippen LogP contribution in [-0.2, 0) is 16.0 Å². The average Bonchev–Trinajstić information content (AvgIpc) is 3.04. The third-order valence-corrected chi connectivity index (χ3v) is 5.50. The number of aryl methyl sites for hydroxylation is 1. The molecule has 6 nitrogen and oxygen atoms in total. The zero-order chi connectivity index (χ0) is 19.6. The highest BCUT2D eigenvalue weighted by molar-refractivity contribution is 5.80. The molecule has 27 heavy (non-hydrogen) atoms. The van der Waals surface area contributed by atoms with E-state index in [0.717, 1.165) is 24.3 Å². The van der Waals surface area contributed by atoms with E-state index in [1.165, 1.54) is 0 Å². The highest BCUT2D eigenvalue weighted by atomic mass is 16.5. The Labute approximate surface area is 159 Å². The number of benzene rings is 1. The molecule has 146 valence electrons. The van der Waals surface area contributed by atoms with Gasteiger partial charge in [-0.1, -0.05) is 12.1 Å². The quantitative estimate of drug-likeness (QED) is 0.814. The molecule has 1 aromatic heterocycles. The lowest BCUT2D eigenvalue weighted by Crippen LogP contribution is -2.44. The molecule has 6 heteroatoms. The molecule has 2 heterocycles. The van der Waals surface area contributed by atoms with Gasteiger partial charge in [0.2, 0.25) is 5.91 Å². The van der Waals surface area contributed by atoms with Gasteiger partial charge in [0.25, 0.3) is 0 Å². The lowest BCUT2D eigenvalue weighted by Gasteiger charge is -2.20. The van der Waals surface area contributed by atoms with E-state index in [2.05, 4.69) is 29.0 Å². The van der Waals surface area contributed by atoms with Gasteiger partial charge in [-0.3, -0.25) is 14.5 Å². The summed E-state index contributed by atoms with van der Waals surface area (Å²) in [6.45, 7) is 7.79. The third-order valence-electron chi connectivity index (χ3n) is 5.50. The van der Waals surface area contributed by atoms with Gasteiger partial charge in [-0.2, -0.15) is 0 Å². The molecule has 0 radical (unpaired) electrons. The Morgan fingerprint density at radius 3 is 2.78 bits per heavy atom. The zero-order valence-electron chi connectivity index (χ0n) is 16.5. The summed E-state index contributed by atoms with van der Waals surface area (Å²) in [5, 5.41) is 3.76. The molecule has 1 aliphatic heterocycles. The van der Waals surface area contributed by atoms with Gasteiger partial charge in [-0.25, -0.2) is 0 Å². The van der Waals surface area contributed by atoms with Crippen LogP contribution in [0.5, 0.6) is 0 Å². The van der Waals surface area contributed by atoms with E-state index in [1.54, 1.807) is 7.11 Å². The van der Waals surface area contributed by atoms with Gasteiger partial charge in [-0.15, -0.1) is 0 Å². The van der Waals surface area contributed by atoms with Crippen molar-refractivity contribution >= 4 is 16.8 Å². The second-order valence-electron chi connectivity index (χ2n) is 7.60. The molecule has 2 atom stereocenters. The summed E-state index contributed by atoms with van der Waals surface area (Å²) in [6, 6.07) is 7.88. The summed E-state index contributed by atoms with van der Waals surface area (Å²) >= 11 is 0. The lowest BCUT2D eigenvalue weighted by atomic mass is 10.0. The molecule has 0 bridgehead atoms. The number of H-pyrrole nitrogens is 1. The van der Waals surface area contributed by atoms with Crippen LogP contribution in [0.2, 0.25) is 0 Å². The van der Waals surface area contributed by atoms with Crippen molar-refractivity contribution in [2.45, 2.75) is 51.8 Å². The Hall–Kier alpha value is -2.18. The van der Waals surface area contributed by atoms with Crippen molar-refractivity contribution in [3.63, 3.8) is 0 Å². The van der Waals surface area contributed by atoms with E-state index in [-0.39, 0.29) is 29.9 Å². The number of fused-ring (bicyclic) bond motifs is 1. The summed E-state index contributed by atoms with van der Waals surface area (Å²) in [6.07, 6.45) is 0.717. The normalized spacial score (nSPS) is 20.5. The first-order chi connectivity index (χ1) is 12.9. The van der Waals surface area contributed by atoms with Crippen LogP contribution in [0.25, 0.3) is 10.9 Å². The minimum Gasteiger partial charge on any atom is -0.378 e. The molecule has 0 spiro atoms.